The Morgan fingerprint density at radius 2 is 1.85 bits per heavy atom. The molecule has 1 aliphatic rings. The van der Waals surface area contributed by atoms with Gasteiger partial charge in [0.1, 0.15) is 6.26 Å². The fourth-order valence-corrected chi connectivity index (χ4v) is 4.28. The van der Waals surface area contributed by atoms with Gasteiger partial charge in [0.2, 0.25) is 5.89 Å². The Morgan fingerprint density at radius 1 is 1.12 bits per heavy atom. The van der Waals surface area contributed by atoms with Crippen LogP contribution in [0.25, 0.3) is 0 Å². The minimum absolute atomic E-state index is 0.0685. The van der Waals surface area contributed by atoms with Gasteiger partial charge in [-0.3, -0.25) is 9.59 Å². The Bertz CT molecular complexity index is 1130. The molecule has 8 nitrogen and oxygen atoms in total. The highest BCUT2D eigenvalue weighted by molar-refractivity contribution is 5.91. The summed E-state index contributed by atoms with van der Waals surface area (Å²) in [7, 11) is 0. The fraction of sp³-hybridized carbons (Fsp3) is 0.346. The Morgan fingerprint density at radius 3 is 2.62 bits per heavy atom. The molecule has 0 radical (unpaired) electrons. The van der Waals surface area contributed by atoms with Gasteiger partial charge in [0.05, 0.1) is 18.3 Å². The van der Waals surface area contributed by atoms with Gasteiger partial charge in [0, 0.05) is 13.0 Å². The van der Waals surface area contributed by atoms with E-state index >= 15 is 0 Å². The Hall–Kier alpha value is -3.49. The van der Waals surface area contributed by atoms with E-state index < -0.39 is 24.0 Å². The van der Waals surface area contributed by atoms with E-state index in [-0.39, 0.29) is 18.5 Å². The van der Waals surface area contributed by atoms with Crippen LogP contribution in [0, 0.1) is 6.92 Å². The predicted octanol–water partition coefficient (Wildman–Crippen LogP) is 2.28. The summed E-state index contributed by atoms with van der Waals surface area (Å²) in [5.41, 5.74) is 3.95. The summed E-state index contributed by atoms with van der Waals surface area (Å²) in [5, 5.41) is 23.2. The van der Waals surface area contributed by atoms with E-state index in [0.717, 1.165) is 35.2 Å². The number of aliphatic hydroxyl groups is 2. The lowest BCUT2D eigenvalue weighted by molar-refractivity contribution is -0.153. The average molecular weight is 464 g/mol. The molecule has 1 saturated heterocycles. The van der Waals surface area contributed by atoms with Gasteiger partial charge in [-0.2, -0.15) is 0 Å². The Kier molecular flexibility index (Phi) is 7.40. The number of carbonyl (C=O) groups is 2. The molecule has 2 aromatic carbocycles. The van der Waals surface area contributed by atoms with E-state index in [2.05, 4.69) is 10.3 Å². The van der Waals surface area contributed by atoms with Crippen molar-refractivity contribution in [2.75, 3.05) is 6.54 Å². The molecule has 2 amide bonds. The fourth-order valence-electron chi connectivity index (χ4n) is 4.28. The molecule has 2 heterocycles. The number of aliphatic hydroxyl groups excluding tert-OH is 2. The van der Waals surface area contributed by atoms with E-state index in [1.54, 1.807) is 0 Å². The molecule has 0 saturated carbocycles. The zero-order valence-electron chi connectivity index (χ0n) is 19.1. The largest absolute Gasteiger partial charge is 0.447 e. The molecule has 3 N–H and O–H groups in total. The number of aromatic nitrogens is 1. The van der Waals surface area contributed by atoms with Gasteiger partial charge in [0.25, 0.3) is 11.8 Å². The average Bonchev–Trinajstić information content (AvgIpc) is 3.53. The van der Waals surface area contributed by atoms with Gasteiger partial charge >= 0.3 is 0 Å². The van der Waals surface area contributed by atoms with Crippen LogP contribution in [0.2, 0.25) is 0 Å². The van der Waals surface area contributed by atoms with E-state index in [4.69, 9.17) is 4.42 Å². The summed E-state index contributed by atoms with van der Waals surface area (Å²) in [6.07, 6.45) is -0.0794. The first-order valence-corrected chi connectivity index (χ1v) is 11.4. The minimum Gasteiger partial charge on any atom is -0.447 e. The molecule has 1 fully saturated rings. The predicted molar refractivity (Wildman–Crippen MR) is 124 cm³/mol. The number of nitrogens with zero attached hydrogens (tertiary/aromatic N) is 2. The van der Waals surface area contributed by atoms with Crippen LogP contribution >= 0.6 is 0 Å². The number of hydrogen-bond donors (Lipinski definition) is 3. The van der Waals surface area contributed by atoms with Crippen molar-refractivity contribution in [1.29, 1.82) is 0 Å². The number of benzene rings is 2. The monoisotopic (exact) mass is 463 g/mol. The lowest BCUT2D eigenvalue weighted by Crippen LogP contribution is -2.50. The zero-order valence-corrected chi connectivity index (χ0v) is 19.1. The number of rotatable bonds is 8. The second-order valence-corrected chi connectivity index (χ2v) is 8.54. The van der Waals surface area contributed by atoms with Crippen LogP contribution in [0.5, 0.6) is 0 Å². The van der Waals surface area contributed by atoms with E-state index in [1.165, 1.54) is 11.2 Å². The quantitative estimate of drug-likeness (QED) is 0.472. The molecule has 1 aromatic heterocycles. The van der Waals surface area contributed by atoms with Crippen LogP contribution in [-0.4, -0.2) is 50.7 Å². The smallest absolute Gasteiger partial charge is 0.255 e. The SMILES string of the molecule is Cc1ccccc1Cc1coc(CNC(=O)[C@H](O)[C@@H](O)C(=O)N2CCCC2c2ccccc2)n1. The maximum atomic E-state index is 12.9. The molecule has 4 rings (SSSR count). The topological polar surface area (TPSA) is 116 Å². The first-order chi connectivity index (χ1) is 16.4. The number of oxazole rings is 1. The third-order valence-corrected chi connectivity index (χ3v) is 6.19. The van der Waals surface area contributed by atoms with Crippen molar-refractivity contribution in [2.45, 2.75) is 51.0 Å². The number of carbonyl (C=O) groups excluding carboxylic acids is 2. The summed E-state index contributed by atoms with van der Waals surface area (Å²) < 4.78 is 5.41. The van der Waals surface area contributed by atoms with Crippen molar-refractivity contribution in [3.8, 4) is 0 Å². The lowest BCUT2D eigenvalue weighted by Gasteiger charge is -2.28. The molecular formula is C26H29N3O5. The Balaban J connectivity index is 1.31. The molecular weight excluding hydrogens is 434 g/mol. The number of likely N-dealkylation sites (tertiary alicyclic amines) is 1. The van der Waals surface area contributed by atoms with E-state index in [1.807, 2.05) is 61.5 Å². The summed E-state index contributed by atoms with van der Waals surface area (Å²) in [6, 6.07) is 17.3. The molecule has 1 unspecified atom stereocenters. The number of amides is 2. The maximum absolute atomic E-state index is 12.9. The molecule has 3 aromatic rings. The summed E-state index contributed by atoms with van der Waals surface area (Å²) >= 11 is 0. The van der Waals surface area contributed by atoms with E-state index in [0.29, 0.717) is 13.0 Å². The van der Waals surface area contributed by atoms with Crippen LogP contribution < -0.4 is 5.32 Å². The van der Waals surface area contributed by atoms with Crippen LogP contribution in [0.4, 0.5) is 0 Å². The number of nitrogens with one attached hydrogen (secondary N) is 1. The van der Waals surface area contributed by atoms with Crippen LogP contribution in [-0.2, 0) is 22.6 Å². The standard InChI is InChI=1S/C26H29N3O5/c1-17-8-5-6-11-19(17)14-20-16-34-22(28-20)15-27-25(32)23(30)24(31)26(33)29-13-7-12-21(29)18-9-3-2-4-10-18/h2-6,8-11,16,21,23-24,30-31H,7,12-15H2,1H3,(H,27,32)/t21?,23-,24-/m1/s1. The highest BCUT2D eigenvalue weighted by Crippen LogP contribution is 2.32. The molecule has 178 valence electrons. The first kappa shape index (κ1) is 23.7. The molecule has 8 heteroatoms. The van der Waals surface area contributed by atoms with Gasteiger partial charge in [-0.05, 0) is 36.5 Å². The van der Waals surface area contributed by atoms with Gasteiger partial charge < -0.3 is 24.8 Å². The summed E-state index contributed by atoms with van der Waals surface area (Å²) in [6.45, 7) is 2.42. The van der Waals surface area contributed by atoms with Crippen molar-refractivity contribution in [3.63, 3.8) is 0 Å². The normalized spacial score (nSPS) is 17.4. The van der Waals surface area contributed by atoms with Crippen molar-refractivity contribution < 1.29 is 24.2 Å². The third-order valence-electron chi connectivity index (χ3n) is 6.19. The van der Waals surface area contributed by atoms with Gasteiger partial charge in [0.15, 0.2) is 12.2 Å². The second-order valence-electron chi connectivity index (χ2n) is 8.54. The van der Waals surface area contributed by atoms with Crippen molar-refractivity contribution in [3.05, 3.63) is 89.1 Å². The van der Waals surface area contributed by atoms with Gasteiger partial charge in [-0.1, -0.05) is 54.6 Å². The highest BCUT2D eigenvalue weighted by atomic mass is 16.4. The van der Waals surface area contributed by atoms with E-state index in [9.17, 15) is 19.8 Å². The van der Waals surface area contributed by atoms with Crippen molar-refractivity contribution >= 4 is 11.8 Å². The zero-order chi connectivity index (χ0) is 24.1. The molecule has 0 aliphatic carbocycles. The molecule has 1 aliphatic heterocycles. The maximum Gasteiger partial charge on any atom is 0.255 e. The van der Waals surface area contributed by atoms with Crippen molar-refractivity contribution in [2.24, 2.45) is 0 Å². The van der Waals surface area contributed by atoms with Gasteiger partial charge in [-0.25, -0.2) is 4.98 Å². The van der Waals surface area contributed by atoms with Crippen LogP contribution in [0.3, 0.4) is 0 Å². The first-order valence-electron chi connectivity index (χ1n) is 11.4. The summed E-state index contributed by atoms with van der Waals surface area (Å²) in [4.78, 5) is 31.2. The molecule has 3 atom stereocenters. The summed E-state index contributed by atoms with van der Waals surface area (Å²) in [5.74, 6) is -1.26. The van der Waals surface area contributed by atoms with Crippen LogP contribution in [0.15, 0.2) is 65.3 Å². The molecule has 0 spiro atoms. The van der Waals surface area contributed by atoms with Crippen molar-refractivity contribution in [1.82, 2.24) is 15.2 Å². The lowest BCUT2D eigenvalue weighted by atomic mass is 10.0. The highest BCUT2D eigenvalue weighted by Gasteiger charge is 2.38. The second kappa shape index (κ2) is 10.6. The van der Waals surface area contributed by atoms with Gasteiger partial charge in [-0.15, -0.1) is 0 Å². The Labute approximate surface area is 198 Å². The minimum atomic E-state index is -1.90. The molecule has 34 heavy (non-hydrogen) atoms. The third kappa shape index (κ3) is 5.35. The number of aryl methyl sites for hydroxylation is 1. The number of hydrogen-bond acceptors (Lipinski definition) is 6. The van der Waals surface area contributed by atoms with Crippen LogP contribution in [0.1, 0.15) is 47.2 Å². The molecule has 0 bridgehead atoms.